The highest BCUT2D eigenvalue weighted by molar-refractivity contribution is 5.14. The lowest BCUT2D eigenvalue weighted by Crippen LogP contribution is -2.38. The Labute approximate surface area is 146 Å². The fraction of sp³-hybridized carbons (Fsp3) is 0.429. The monoisotopic (exact) mass is 326 g/mol. The molecule has 0 spiro atoms. The van der Waals surface area contributed by atoms with E-state index in [1.165, 1.54) is 11.1 Å². The minimum absolute atomic E-state index is 0.510. The molecule has 0 radical (unpaired) electrons. The Morgan fingerprint density at radius 2 is 1.58 bits per heavy atom. The summed E-state index contributed by atoms with van der Waals surface area (Å²) >= 11 is 0. The first kappa shape index (κ1) is 18.7. The van der Waals surface area contributed by atoms with Crippen LogP contribution in [0.4, 0.5) is 0 Å². The first-order chi connectivity index (χ1) is 11.8. The van der Waals surface area contributed by atoms with Crippen LogP contribution in [0.1, 0.15) is 24.5 Å². The molecule has 0 aliphatic heterocycles. The van der Waals surface area contributed by atoms with Gasteiger partial charge in [0.05, 0.1) is 6.61 Å². The van der Waals surface area contributed by atoms with E-state index in [4.69, 9.17) is 4.74 Å². The van der Waals surface area contributed by atoms with Gasteiger partial charge in [0.15, 0.2) is 0 Å². The number of benzene rings is 2. The molecule has 2 rings (SSSR count). The molecule has 1 unspecified atom stereocenters. The number of likely N-dealkylation sites (N-methyl/N-ethyl adjacent to an activating group) is 1. The molecular weight excluding hydrogens is 296 g/mol. The molecule has 0 bridgehead atoms. The highest BCUT2D eigenvalue weighted by Gasteiger charge is 2.08. The van der Waals surface area contributed by atoms with Crippen LogP contribution in [0, 0.1) is 0 Å². The lowest BCUT2D eigenvalue weighted by molar-refractivity contribution is 0.118. The van der Waals surface area contributed by atoms with Crippen molar-refractivity contribution in [1.82, 2.24) is 10.2 Å². The third kappa shape index (κ3) is 7.26. The number of hydrogen-bond acceptors (Lipinski definition) is 3. The molecule has 0 aromatic heterocycles. The predicted molar refractivity (Wildman–Crippen MR) is 101 cm³/mol. The highest BCUT2D eigenvalue weighted by atomic mass is 16.5. The molecule has 24 heavy (non-hydrogen) atoms. The lowest BCUT2D eigenvalue weighted by Gasteiger charge is -2.25. The predicted octanol–water partition coefficient (Wildman–Crippen LogP) is 3.70. The van der Waals surface area contributed by atoms with Crippen LogP contribution in [0.5, 0.6) is 0 Å². The van der Waals surface area contributed by atoms with E-state index in [2.05, 4.69) is 66.7 Å². The fourth-order valence-corrected chi connectivity index (χ4v) is 2.56. The summed E-state index contributed by atoms with van der Waals surface area (Å²) < 4.78 is 5.70. The summed E-state index contributed by atoms with van der Waals surface area (Å²) in [5.74, 6) is 0. The smallest absolute Gasteiger partial charge is 0.0716 e. The largest absolute Gasteiger partial charge is 0.377 e. The average Bonchev–Trinajstić information content (AvgIpc) is 2.62. The molecule has 0 saturated carbocycles. The van der Waals surface area contributed by atoms with Gasteiger partial charge in [-0.3, -0.25) is 4.90 Å². The number of nitrogens with zero attached hydrogens (tertiary/aromatic N) is 1. The minimum atomic E-state index is 0.510. The van der Waals surface area contributed by atoms with Crippen molar-refractivity contribution in [2.75, 3.05) is 26.7 Å². The quantitative estimate of drug-likeness (QED) is 0.637. The summed E-state index contributed by atoms with van der Waals surface area (Å²) in [7, 11) is 2.18. The van der Waals surface area contributed by atoms with Gasteiger partial charge in [0.2, 0.25) is 0 Å². The molecule has 0 aliphatic rings. The van der Waals surface area contributed by atoms with Crippen molar-refractivity contribution in [3.05, 3.63) is 71.8 Å². The van der Waals surface area contributed by atoms with Gasteiger partial charge in [0.25, 0.3) is 0 Å². The van der Waals surface area contributed by atoms with E-state index in [0.29, 0.717) is 12.6 Å². The van der Waals surface area contributed by atoms with E-state index >= 15 is 0 Å². The summed E-state index contributed by atoms with van der Waals surface area (Å²) in [5, 5.41) is 3.53. The van der Waals surface area contributed by atoms with Crippen molar-refractivity contribution < 1.29 is 4.74 Å². The SMILES string of the molecule is CC(CNCCCOCc1ccccc1)N(C)Cc1ccccc1. The number of rotatable bonds is 11. The molecular formula is C21H30N2O. The number of nitrogens with one attached hydrogen (secondary N) is 1. The van der Waals surface area contributed by atoms with Crippen LogP contribution < -0.4 is 5.32 Å². The first-order valence-electron chi connectivity index (χ1n) is 8.82. The van der Waals surface area contributed by atoms with Crippen LogP contribution in [-0.4, -0.2) is 37.7 Å². The van der Waals surface area contributed by atoms with Crippen LogP contribution >= 0.6 is 0 Å². The molecule has 0 amide bonds. The highest BCUT2D eigenvalue weighted by Crippen LogP contribution is 2.05. The summed E-state index contributed by atoms with van der Waals surface area (Å²) in [4.78, 5) is 2.38. The van der Waals surface area contributed by atoms with Crippen molar-refractivity contribution in [1.29, 1.82) is 0 Å². The second kappa shape index (κ2) is 11.0. The van der Waals surface area contributed by atoms with E-state index in [0.717, 1.165) is 32.7 Å². The van der Waals surface area contributed by atoms with Crippen molar-refractivity contribution >= 4 is 0 Å². The topological polar surface area (TPSA) is 24.5 Å². The van der Waals surface area contributed by atoms with Crippen LogP contribution in [0.25, 0.3) is 0 Å². The van der Waals surface area contributed by atoms with Crippen molar-refractivity contribution in [3.8, 4) is 0 Å². The lowest BCUT2D eigenvalue weighted by atomic mass is 10.2. The normalized spacial score (nSPS) is 12.5. The third-order valence-corrected chi connectivity index (χ3v) is 4.22. The minimum Gasteiger partial charge on any atom is -0.377 e. The Kier molecular flexibility index (Phi) is 8.53. The Bertz CT molecular complexity index is 544. The Balaban J connectivity index is 1.50. The van der Waals surface area contributed by atoms with Crippen LogP contribution in [0.15, 0.2) is 60.7 Å². The maximum atomic E-state index is 5.70. The van der Waals surface area contributed by atoms with Gasteiger partial charge in [0, 0.05) is 25.7 Å². The van der Waals surface area contributed by atoms with Crippen LogP contribution in [0.3, 0.4) is 0 Å². The molecule has 2 aromatic carbocycles. The molecule has 3 nitrogen and oxygen atoms in total. The van der Waals surface area contributed by atoms with Crippen molar-refractivity contribution in [3.63, 3.8) is 0 Å². The second-order valence-electron chi connectivity index (χ2n) is 6.35. The van der Waals surface area contributed by atoms with Gasteiger partial charge in [-0.2, -0.15) is 0 Å². The standard InChI is InChI=1S/C21H30N2O/c1-19(23(2)17-20-10-5-3-6-11-20)16-22-14-9-15-24-18-21-12-7-4-8-13-21/h3-8,10-13,19,22H,9,14-18H2,1-2H3. The zero-order valence-corrected chi connectivity index (χ0v) is 14.9. The van der Waals surface area contributed by atoms with Gasteiger partial charge in [-0.05, 0) is 38.1 Å². The van der Waals surface area contributed by atoms with Gasteiger partial charge >= 0.3 is 0 Å². The van der Waals surface area contributed by atoms with E-state index in [1.54, 1.807) is 0 Å². The Hall–Kier alpha value is -1.68. The van der Waals surface area contributed by atoms with Gasteiger partial charge in [-0.15, -0.1) is 0 Å². The van der Waals surface area contributed by atoms with E-state index in [1.807, 2.05) is 18.2 Å². The van der Waals surface area contributed by atoms with Crippen LogP contribution in [-0.2, 0) is 17.9 Å². The Morgan fingerprint density at radius 3 is 2.25 bits per heavy atom. The molecule has 2 aromatic rings. The molecule has 130 valence electrons. The Morgan fingerprint density at radius 1 is 0.958 bits per heavy atom. The summed E-state index contributed by atoms with van der Waals surface area (Å²) in [6, 6.07) is 21.5. The fourth-order valence-electron chi connectivity index (χ4n) is 2.56. The van der Waals surface area contributed by atoms with Crippen molar-refractivity contribution in [2.45, 2.75) is 32.5 Å². The molecule has 0 fully saturated rings. The molecule has 0 aliphatic carbocycles. The average molecular weight is 326 g/mol. The molecule has 1 N–H and O–H groups in total. The van der Waals surface area contributed by atoms with E-state index < -0.39 is 0 Å². The first-order valence-corrected chi connectivity index (χ1v) is 8.82. The number of hydrogen-bond donors (Lipinski definition) is 1. The van der Waals surface area contributed by atoms with Crippen molar-refractivity contribution in [2.24, 2.45) is 0 Å². The van der Waals surface area contributed by atoms with Gasteiger partial charge in [0.1, 0.15) is 0 Å². The summed E-state index contributed by atoms with van der Waals surface area (Å²) in [6.07, 6.45) is 1.04. The van der Waals surface area contributed by atoms with Crippen LogP contribution in [0.2, 0.25) is 0 Å². The maximum absolute atomic E-state index is 5.70. The van der Waals surface area contributed by atoms with Gasteiger partial charge in [-0.1, -0.05) is 60.7 Å². The zero-order valence-electron chi connectivity index (χ0n) is 14.9. The molecule has 1 atom stereocenters. The summed E-state index contributed by atoms with van der Waals surface area (Å²) in [5.41, 5.74) is 2.60. The van der Waals surface area contributed by atoms with E-state index in [-0.39, 0.29) is 0 Å². The zero-order chi connectivity index (χ0) is 17.0. The maximum Gasteiger partial charge on any atom is 0.0716 e. The molecule has 0 saturated heterocycles. The number of ether oxygens (including phenoxy) is 1. The summed E-state index contributed by atoms with van der Waals surface area (Å²) in [6.45, 7) is 6.76. The van der Waals surface area contributed by atoms with Gasteiger partial charge in [-0.25, -0.2) is 0 Å². The molecule has 0 heterocycles. The second-order valence-corrected chi connectivity index (χ2v) is 6.35. The van der Waals surface area contributed by atoms with E-state index in [9.17, 15) is 0 Å². The third-order valence-electron chi connectivity index (χ3n) is 4.22. The van der Waals surface area contributed by atoms with Gasteiger partial charge < -0.3 is 10.1 Å². The molecule has 3 heteroatoms.